The Balaban J connectivity index is 2.53. The van der Waals surface area contributed by atoms with E-state index in [9.17, 15) is 13.6 Å². The third-order valence-corrected chi connectivity index (χ3v) is 3.43. The van der Waals surface area contributed by atoms with Gasteiger partial charge in [-0.05, 0) is 23.8 Å². The van der Waals surface area contributed by atoms with Gasteiger partial charge in [0.2, 0.25) is 5.91 Å². The van der Waals surface area contributed by atoms with Crippen molar-refractivity contribution >= 4 is 23.4 Å². The number of hydrogen-bond acceptors (Lipinski definition) is 3. The van der Waals surface area contributed by atoms with Crippen molar-refractivity contribution in [3.63, 3.8) is 0 Å². The fraction of sp³-hybridized carbons (Fsp3) is 0.462. The molecule has 1 aromatic rings. The molecule has 0 aliphatic rings. The van der Waals surface area contributed by atoms with Crippen molar-refractivity contribution in [1.82, 2.24) is 0 Å². The first-order valence-corrected chi connectivity index (χ1v) is 7.06. The maximum absolute atomic E-state index is 12.2. The van der Waals surface area contributed by atoms with Gasteiger partial charge < -0.3 is 10.1 Å². The largest absolute Gasteiger partial charge is 0.433 e. The highest BCUT2D eigenvalue weighted by Crippen LogP contribution is 2.25. The lowest BCUT2D eigenvalue weighted by atomic mass is 10.3. The van der Waals surface area contributed by atoms with Crippen LogP contribution in [0.3, 0.4) is 0 Å². The summed E-state index contributed by atoms with van der Waals surface area (Å²) in [6, 6.07) is 6.14. The van der Waals surface area contributed by atoms with Crippen LogP contribution in [-0.4, -0.2) is 24.0 Å². The number of nitrogens with one attached hydrogen (secondary N) is 1. The van der Waals surface area contributed by atoms with E-state index in [0.29, 0.717) is 11.7 Å². The van der Waals surface area contributed by atoms with Gasteiger partial charge in [0.15, 0.2) is 0 Å². The standard InChI is InChI=1S/C13H17F2NO2S/c1-9(2)7-19-8-12(17)16-10-5-3-4-6-11(10)18-13(14)15/h3-6,9,13H,7-8H2,1-2H3,(H,16,17). The van der Waals surface area contributed by atoms with Crippen molar-refractivity contribution in [2.75, 3.05) is 16.8 Å². The fourth-order valence-electron chi connectivity index (χ4n) is 1.34. The van der Waals surface area contributed by atoms with Gasteiger partial charge in [0, 0.05) is 0 Å². The number of rotatable bonds is 7. The van der Waals surface area contributed by atoms with Gasteiger partial charge in [0.25, 0.3) is 0 Å². The van der Waals surface area contributed by atoms with Gasteiger partial charge in [-0.3, -0.25) is 4.79 Å². The number of benzene rings is 1. The van der Waals surface area contributed by atoms with Crippen LogP contribution in [0.25, 0.3) is 0 Å². The average Bonchev–Trinajstić information content (AvgIpc) is 2.30. The number of anilines is 1. The van der Waals surface area contributed by atoms with Gasteiger partial charge in [-0.25, -0.2) is 0 Å². The van der Waals surface area contributed by atoms with E-state index in [0.717, 1.165) is 5.75 Å². The summed E-state index contributed by atoms with van der Waals surface area (Å²) in [6.45, 7) is 1.22. The van der Waals surface area contributed by atoms with Crippen LogP contribution < -0.4 is 10.1 Å². The van der Waals surface area contributed by atoms with Crippen molar-refractivity contribution in [2.24, 2.45) is 5.92 Å². The summed E-state index contributed by atoms with van der Waals surface area (Å²) < 4.78 is 28.7. The second-order valence-electron chi connectivity index (χ2n) is 4.33. The van der Waals surface area contributed by atoms with E-state index in [1.807, 2.05) is 0 Å². The Labute approximate surface area is 115 Å². The van der Waals surface area contributed by atoms with Gasteiger partial charge in [0.05, 0.1) is 11.4 Å². The maximum atomic E-state index is 12.2. The van der Waals surface area contributed by atoms with Gasteiger partial charge >= 0.3 is 6.61 Å². The number of thioether (sulfide) groups is 1. The number of ether oxygens (including phenoxy) is 1. The number of hydrogen-bond donors (Lipinski definition) is 1. The molecule has 0 aliphatic heterocycles. The number of alkyl halides is 2. The summed E-state index contributed by atoms with van der Waals surface area (Å²) in [4.78, 5) is 11.7. The van der Waals surface area contributed by atoms with E-state index in [1.165, 1.54) is 23.9 Å². The molecule has 0 saturated heterocycles. The summed E-state index contributed by atoms with van der Waals surface area (Å²) in [5.41, 5.74) is 0.262. The van der Waals surface area contributed by atoms with Gasteiger partial charge in [-0.2, -0.15) is 20.5 Å². The predicted molar refractivity (Wildman–Crippen MR) is 73.9 cm³/mol. The normalized spacial score (nSPS) is 10.8. The first-order chi connectivity index (χ1) is 8.99. The summed E-state index contributed by atoms with van der Waals surface area (Å²) >= 11 is 1.51. The van der Waals surface area contributed by atoms with Crippen molar-refractivity contribution in [1.29, 1.82) is 0 Å². The van der Waals surface area contributed by atoms with E-state index in [4.69, 9.17) is 0 Å². The Hall–Kier alpha value is -1.30. The van der Waals surface area contributed by atoms with Gasteiger partial charge in [-0.1, -0.05) is 26.0 Å². The van der Waals surface area contributed by atoms with Crippen LogP contribution in [0, 0.1) is 5.92 Å². The van der Waals surface area contributed by atoms with Crippen molar-refractivity contribution in [3.8, 4) is 5.75 Å². The Bertz CT molecular complexity index is 413. The lowest BCUT2D eigenvalue weighted by Gasteiger charge is -2.11. The summed E-state index contributed by atoms with van der Waals surface area (Å²) in [5.74, 6) is 1.42. The third-order valence-electron chi connectivity index (χ3n) is 2.06. The Morgan fingerprint density at radius 2 is 2.05 bits per heavy atom. The van der Waals surface area contributed by atoms with E-state index in [1.54, 1.807) is 12.1 Å². The molecule has 0 aromatic heterocycles. The molecule has 0 bridgehead atoms. The summed E-state index contributed by atoms with van der Waals surface area (Å²) in [7, 11) is 0. The van der Waals surface area contributed by atoms with Gasteiger partial charge in [-0.15, -0.1) is 0 Å². The van der Waals surface area contributed by atoms with Crippen molar-refractivity contribution < 1.29 is 18.3 Å². The third kappa shape index (κ3) is 6.42. The molecule has 0 spiro atoms. The van der Waals surface area contributed by atoms with E-state index in [2.05, 4.69) is 23.9 Å². The molecule has 0 atom stereocenters. The lowest BCUT2D eigenvalue weighted by molar-refractivity contribution is -0.113. The highest BCUT2D eigenvalue weighted by Gasteiger charge is 2.11. The van der Waals surface area contributed by atoms with E-state index in [-0.39, 0.29) is 17.3 Å². The number of halogens is 2. The Kier molecular flexibility index (Phi) is 6.62. The van der Waals surface area contributed by atoms with Crippen LogP contribution in [0.5, 0.6) is 5.75 Å². The summed E-state index contributed by atoms with van der Waals surface area (Å²) in [6.07, 6.45) is 0. The minimum Gasteiger partial charge on any atom is -0.433 e. The first-order valence-electron chi connectivity index (χ1n) is 5.90. The SMILES string of the molecule is CC(C)CSCC(=O)Nc1ccccc1OC(F)F. The smallest absolute Gasteiger partial charge is 0.387 e. The predicted octanol–water partition coefficient (Wildman–Crippen LogP) is 3.62. The van der Waals surface area contributed by atoms with Crippen LogP contribution in [0.15, 0.2) is 24.3 Å². The Morgan fingerprint density at radius 3 is 2.68 bits per heavy atom. The molecule has 1 N–H and O–H groups in total. The molecule has 19 heavy (non-hydrogen) atoms. The summed E-state index contributed by atoms with van der Waals surface area (Å²) in [5, 5.41) is 2.57. The van der Waals surface area contributed by atoms with Gasteiger partial charge in [0.1, 0.15) is 5.75 Å². The quantitative estimate of drug-likeness (QED) is 0.833. The van der Waals surface area contributed by atoms with Crippen LogP contribution >= 0.6 is 11.8 Å². The molecule has 0 radical (unpaired) electrons. The lowest BCUT2D eigenvalue weighted by Crippen LogP contribution is -2.16. The molecule has 0 unspecified atom stereocenters. The van der Waals surface area contributed by atoms with Crippen LogP contribution in [0.2, 0.25) is 0 Å². The molecule has 1 amide bonds. The maximum Gasteiger partial charge on any atom is 0.387 e. The molecular weight excluding hydrogens is 272 g/mol. The number of para-hydroxylation sites is 2. The first kappa shape index (κ1) is 15.8. The highest BCUT2D eigenvalue weighted by atomic mass is 32.2. The minimum atomic E-state index is -2.91. The van der Waals surface area contributed by atoms with Crippen LogP contribution in [0.4, 0.5) is 14.5 Å². The molecule has 3 nitrogen and oxygen atoms in total. The zero-order chi connectivity index (χ0) is 14.3. The van der Waals surface area contributed by atoms with E-state index < -0.39 is 6.61 Å². The Morgan fingerprint density at radius 1 is 1.37 bits per heavy atom. The molecule has 6 heteroatoms. The van der Waals surface area contributed by atoms with Crippen LogP contribution in [-0.2, 0) is 4.79 Å². The second-order valence-corrected chi connectivity index (χ2v) is 5.36. The zero-order valence-electron chi connectivity index (χ0n) is 10.9. The monoisotopic (exact) mass is 289 g/mol. The topological polar surface area (TPSA) is 38.3 Å². The van der Waals surface area contributed by atoms with E-state index >= 15 is 0 Å². The number of carbonyl (C=O) groups excluding carboxylic acids is 1. The highest BCUT2D eigenvalue weighted by molar-refractivity contribution is 7.99. The van der Waals surface area contributed by atoms with Crippen molar-refractivity contribution in [3.05, 3.63) is 24.3 Å². The molecule has 106 valence electrons. The fourth-order valence-corrected chi connectivity index (χ4v) is 2.19. The average molecular weight is 289 g/mol. The molecule has 0 heterocycles. The molecule has 0 fully saturated rings. The minimum absolute atomic E-state index is 0.0280. The second kappa shape index (κ2) is 7.99. The molecule has 0 aliphatic carbocycles. The number of carbonyl (C=O) groups is 1. The molecule has 1 rings (SSSR count). The molecular formula is C13H17F2NO2S. The zero-order valence-corrected chi connectivity index (χ0v) is 11.7. The van der Waals surface area contributed by atoms with Crippen molar-refractivity contribution in [2.45, 2.75) is 20.5 Å². The molecule has 1 aromatic carbocycles. The number of amides is 1. The van der Waals surface area contributed by atoms with Crippen LogP contribution in [0.1, 0.15) is 13.8 Å². The molecule has 0 saturated carbocycles.